The summed E-state index contributed by atoms with van der Waals surface area (Å²) in [5.41, 5.74) is 0.924. The molecule has 2 rings (SSSR count). The molecule has 0 N–H and O–H groups in total. The molecule has 0 radical (unpaired) electrons. The van der Waals surface area contributed by atoms with E-state index in [9.17, 15) is 13.6 Å². The number of hydrogen-bond acceptors (Lipinski definition) is 1. The molecule has 2 nitrogen and oxygen atoms in total. The molecule has 4 heteroatoms. The third-order valence-corrected chi connectivity index (χ3v) is 3.02. The van der Waals surface area contributed by atoms with Crippen LogP contribution in [0.3, 0.4) is 0 Å². The van der Waals surface area contributed by atoms with E-state index in [4.69, 9.17) is 0 Å². The topological polar surface area (TPSA) is 20.3 Å². The Morgan fingerprint density at radius 1 is 1.17 bits per heavy atom. The molecule has 0 atom stereocenters. The van der Waals surface area contributed by atoms with Gasteiger partial charge in [-0.2, -0.15) is 0 Å². The highest BCUT2D eigenvalue weighted by Crippen LogP contribution is 2.27. The van der Waals surface area contributed by atoms with E-state index >= 15 is 0 Å². The van der Waals surface area contributed by atoms with Crippen LogP contribution in [0, 0.1) is 0 Å². The molecular formula is C14H15F2NO. The molecular weight excluding hydrogens is 236 g/mol. The second-order valence-electron chi connectivity index (χ2n) is 4.43. The first kappa shape index (κ1) is 12.7. The van der Waals surface area contributed by atoms with Gasteiger partial charge in [0.2, 0.25) is 5.91 Å². The Balaban J connectivity index is 1.91. The van der Waals surface area contributed by atoms with Crippen molar-refractivity contribution in [1.82, 2.24) is 4.90 Å². The van der Waals surface area contributed by atoms with Crippen LogP contribution in [0.25, 0.3) is 6.08 Å². The van der Waals surface area contributed by atoms with E-state index in [0.29, 0.717) is 0 Å². The summed E-state index contributed by atoms with van der Waals surface area (Å²) in [6.07, 6.45) is 2.67. The molecule has 1 fully saturated rings. The van der Waals surface area contributed by atoms with Crippen molar-refractivity contribution in [3.05, 3.63) is 42.0 Å². The number of rotatable bonds is 2. The summed E-state index contributed by atoms with van der Waals surface area (Å²) in [5, 5.41) is 0. The molecule has 0 aromatic heterocycles. The van der Waals surface area contributed by atoms with E-state index in [1.54, 1.807) is 6.08 Å². The van der Waals surface area contributed by atoms with E-state index in [-0.39, 0.29) is 31.8 Å². The van der Waals surface area contributed by atoms with Gasteiger partial charge in [0.05, 0.1) is 0 Å². The van der Waals surface area contributed by atoms with Crippen molar-refractivity contribution in [3.63, 3.8) is 0 Å². The number of benzene rings is 1. The lowest BCUT2D eigenvalue weighted by Crippen LogP contribution is -2.42. The number of amides is 1. The largest absolute Gasteiger partial charge is 0.339 e. The summed E-state index contributed by atoms with van der Waals surface area (Å²) in [7, 11) is 0. The normalized spacial score (nSPS) is 19.1. The monoisotopic (exact) mass is 251 g/mol. The fourth-order valence-electron chi connectivity index (χ4n) is 1.89. The second kappa shape index (κ2) is 5.29. The molecule has 1 aliphatic heterocycles. The molecule has 0 unspecified atom stereocenters. The average Bonchev–Trinajstić information content (AvgIpc) is 2.37. The van der Waals surface area contributed by atoms with Gasteiger partial charge in [-0.3, -0.25) is 4.79 Å². The van der Waals surface area contributed by atoms with Crippen LogP contribution in [0.4, 0.5) is 8.78 Å². The zero-order valence-electron chi connectivity index (χ0n) is 9.98. The fraction of sp³-hybridized carbons (Fsp3) is 0.357. The highest BCUT2D eigenvalue weighted by molar-refractivity contribution is 5.91. The van der Waals surface area contributed by atoms with Crippen molar-refractivity contribution in [2.45, 2.75) is 18.8 Å². The molecule has 1 amide bonds. The van der Waals surface area contributed by atoms with Gasteiger partial charge in [-0.1, -0.05) is 30.3 Å². The van der Waals surface area contributed by atoms with Gasteiger partial charge in [0.15, 0.2) is 0 Å². The Morgan fingerprint density at radius 3 is 2.39 bits per heavy atom. The number of halogens is 2. The van der Waals surface area contributed by atoms with Crippen LogP contribution in [-0.2, 0) is 4.79 Å². The molecule has 0 aliphatic carbocycles. The van der Waals surface area contributed by atoms with Crippen molar-refractivity contribution in [2.75, 3.05) is 13.1 Å². The van der Waals surface area contributed by atoms with Crippen LogP contribution < -0.4 is 0 Å². The van der Waals surface area contributed by atoms with Gasteiger partial charge in [-0.25, -0.2) is 8.78 Å². The van der Waals surface area contributed by atoms with E-state index in [0.717, 1.165) is 5.56 Å². The summed E-state index contributed by atoms with van der Waals surface area (Å²) in [5.74, 6) is -2.81. The maximum atomic E-state index is 12.9. The van der Waals surface area contributed by atoms with Crippen LogP contribution in [0.2, 0.25) is 0 Å². The first-order valence-electron chi connectivity index (χ1n) is 5.97. The number of carbonyl (C=O) groups is 1. The van der Waals surface area contributed by atoms with Crippen molar-refractivity contribution in [2.24, 2.45) is 0 Å². The fourth-order valence-corrected chi connectivity index (χ4v) is 1.89. The maximum Gasteiger partial charge on any atom is 0.251 e. The van der Waals surface area contributed by atoms with Gasteiger partial charge in [-0.15, -0.1) is 0 Å². The van der Waals surface area contributed by atoms with Crippen LogP contribution in [0.1, 0.15) is 18.4 Å². The first-order chi connectivity index (χ1) is 8.57. The van der Waals surface area contributed by atoms with Crippen LogP contribution >= 0.6 is 0 Å². The van der Waals surface area contributed by atoms with E-state index in [2.05, 4.69) is 0 Å². The highest BCUT2D eigenvalue weighted by atomic mass is 19.3. The van der Waals surface area contributed by atoms with Crippen LogP contribution in [-0.4, -0.2) is 29.8 Å². The zero-order valence-corrected chi connectivity index (χ0v) is 9.98. The summed E-state index contributed by atoms with van der Waals surface area (Å²) >= 11 is 0. The van der Waals surface area contributed by atoms with E-state index in [1.807, 2.05) is 30.3 Å². The van der Waals surface area contributed by atoms with Gasteiger partial charge in [-0.05, 0) is 11.6 Å². The van der Waals surface area contributed by atoms with Crippen LogP contribution in [0.15, 0.2) is 36.4 Å². The third-order valence-electron chi connectivity index (χ3n) is 3.02. The Labute approximate surface area is 105 Å². The molecule has 1 aromatic rings. The molecule has 1 aliphatic rings. The molecule has 18 heavy (non-hydrogen) atoms. The Hall–Kier alpha value is -1.71. The predicted octanol–water partition coefficient (Wildman–Crippen LogP) is 2.96. The highest BCUT2D eigenvalue weighted by Gasteiger charge is 2.34. The Morgan fingerprint density at radius 2 is 1.78 bits per heavy atom. The standard InChI is InChI=1S/C14H15F2NO/c15-14(16)8-10-17(11-9-14)13(18)7-6-12-4-2-1-3-5-12/h1-7H,8-11H2/b7-6+. The number of likely N-dealkylation sites (tertiary alicyclic amines) is 1. The smallest absolute Gasteiger partial charge is 0.251 e. The molecule has 1 aromatic carbocycles. The van der Waals surface area contributed by atoms with Gasteiger partial charge >= 0.3 is 0 Å². The molecule has 0 saturated carbocycles. The number of piperidine rings is 1. The van der Waals surface area contributed by atoms with Gasteiger partial charge in [0.1, 0.15) is 0 Å². The minimum atomic E-state index is -2.61. The van der Waals surface area contributed by atoms with Crippen molar-refractivity contribution >= 4 is 12.0 Å². The number of nitrogens with zero attached hydrogens (tertiary/aromatic N) is 1. The first-order valence-corrected chi connectivity index (χ1v) is 5.97. The molecule has 96 valence electrons. The number of carbonyl (C=O) groups excluding carboxylic acids is 1. The van der Waals surface area contributed by atoms with Crippen molar-refractivity contribution in [3.8, 4) is 0 Å². The van der Waals surface area contributed by atoms with E-state index in [1.165, 1.54) is 11.0 Å². The quantitative estimate of drug-likeness (QED) is 0.740. The lowest BCUT2D eigenvalue weighted by molar-refractivity contribution is -0.132. The SMILES string of the molecule is O=C(/C=C/c1ccccc1)N1CCC(F)(F)CC1. The minimum Gasteiger partial charge on any atom is -0.339 e. The lowest BCUT2D eigenvalue weighted by atomic mass is 10.1. The van der Waals surface area contributed by atoms with Gasteiger partial charge < -0.3 is 4.90 Å². The third kappa shape index (κ3) is 3.39. The molecule has 1 saturated heterocycles. The zero-order chi connectivity index (χ0) is 13.0. The summed E-state index contributed by atoms with van der Waals surface area (Å²) < 4.78 is 25.9. The summed E-state index contributed by atoms with van der Waals surface area (Å²) in [4.78, 5) is 13.2. The molecule has 0 bridgehead atoms. The average molecular weight is 251 g/mol. The van der Waals surface area contributed by atoms with Crippen molar-refractivity contribution in [1.29, 1.82) is 0 Å². The summed E-state index contributed by atoms with van der Waals surface area (Å²) in [6.45, 7) is 0.260. The minimum absolute atomic E-state index is 0.130. The summed E-state index contributed by atoms with van der Waals surface area (Å²) in [6, 6.07) is 9.42. The lowest BCUT2D eigenvalue weighted by Gasteiger charge is -2.30. The van der Waals surface area contributed by atoms with Gasteiger partial charge in [0, 0.05) is 32.0 Å². The maximum absolute atomic E-state index is 12.9. The van der Waals surface area contributed by atoms with E-state index < -0.39 is 5.92 Å². The van der Waals surface area contributed by atoms with Gasteiger partial charge in [0.25, 0.3) is 5.92 Å². The van der Waals surface area contributed by atoms with Crippen molar-refractivity contribution < 1.29 is 13.6 Å². The molecule has 0 spiro atoms. The van der Waals surface area contributed by atoms with Crippen LogP contribution in [0.5, 0.6) is 0 Å². The Kier molecular flexibility index (Phi) is 3.75. The number of alkyl halides is 2. The number of hydrogen-bond donors (Lipinski definition) is 0. The second-order valence-corrected chi connectivity index (χ2v) is 4.43. The Bertz CT molecular complexity index is 432. The molecule has 1 heterocycles. The predicted molar refractivity (Wildman–Crippen MR) is 66.2 cm³/mol.